The van der Waals surface area contributed by atoms with Crippen molar-refractivity contribution in [1.29, 1.82) is 0 Å². The first-order chi connectivity index (χ1) is 15.7. The van der Waals surface area contributed by atoms with E-state index in [0.29, 0.717) is 18.7 Å². The number of carbonyl (C=O) groups excluding carboxylic acids is 1. The minimum atomic E-state index is -2.07. The lowest BCUT2D eigenvalue weighted by Gasteiger charge is -2.37. The number of hydrogen-bond donors (Lipinski definition) is 2. The number of alkyl halides is 3. The Balaban J connectivity index is 1.83. The van der Waals surface area contributed by atoms with Gasteiger partial charge in [0, 0.05) is 30.8 Å². The van der Waals surface area contributed by atoms with Crippen LogP contribution in [0.1, 0.15) is 35.5 Å². The maximum Gasteiger partial charge on any atom is 0.276 e. The van der Waals surface area contributed by atoms with Gasteiger partial charge in [-0.1, -0.05) is 77.3 Å². The van der Waals surface area contributed by atoms with Gasteiger partial charge in [-0.25, -0.2) is 0 Å². The SMILES string of the molecule is C=CCN(C)C[C@H]1C[C@@H](c2ccc(CO)cc2)O[C@@H](c2cccc(NC(=O)C(Cl)(Cl)Cl)c2)O1. The average molecular weight is 514 g/mol. The first-order valence-corrected chi connectivity index (χ1v) is 11.6. The van der Waals surface area contributed by atoms with Crippen molar-refractivity contribution >= 4 is 46.4 Å². The summed E-state index contributed by atoms with van der Waals surface area (Å²) in [5.41, 5.74) is 3.02. The maximum atomic E-state index is 12.0. The Morgan fingerprint density at radius 1 is 1.21 bits per heavy atom. The zero-order valence-corrected chi connectivity index (χ0v) is 20.5. The van der Waals surface area contributed by atoms with Crippen molar-refractivity contribution in [3.8, 4) is 0 Å². The van der Waals surface area contributed by atoms with E-state index in [-0.39, 0.29) is 18.8 Å². The van der Waals surface area contributed by atoms with Crippen molar-refractivity contribution in [3.63, 3.8) is 0 Å². The van der Waals surface area contributed by atoms with Gasteiger partial charge >= 0.3 is 0 Å². The molecule has 0 aromatic heterocycles. The van der Waals surface area contributed by atoms with Crippen LogP contribution >= 0.6 is 34.8 Å². The normalized spacial score (nSPS) is 21.1. The summed E-state index contributed by atoms with van der Waals surface area (Å²) >= 11 is 17.0. The molecule has 1 fully saturated rings. The molecule has 1 heterocycles. The Kier molecular flexibility index (Phi) is 9.18. The monoisotopic (exact) mass is 512 g/mol. The summed E-state index contributed by atoms with van der Waals surface area (Å²) in [6.07, 6.45) is 1.54. The third-order valence-electron chi connectivity index (χ3n) is 5.25. The molecular weight excluding hydrogens is 487 g/mol. The second-order valence-corrected chi connectivity index (χ2v) is 10.2. The van der Waals surface area contributed by atoms with E-state index in [2.05, 4.69) is 16.8 Å². The number of anilines is 1. The van der Waals surface area contributed by atoms with Crippen LogP contribution in [0.3, 0.4) is 0 Å². The van der Waals surface area contributed by atoms with Crippen LogP contribution < -0.4 is 5.32 Å². The minimum absolute atomic E-state index is 0.0147. The molecule has 2 aromatic carbocycles. The molecule has 0 unspecified atom stereocenters. The van der Waals surface area contributed by atoms with Gasteiger partial charge in [0.25, 0.3) is 9.70 Å². The van der Waals surface area contributed by atoms with Crippen LogP contribution in [0.25, 0.3) is 0 Å². The number of rotatable bonds is 8. The number of ether oxygens (including phenoxy) is 2. The summed E-state index contributed by atoms with van der Waals surface area (Å²) in [5.74, 6) is -0.749. The van der Waals surface area contributed by atoms with Gasteiger partial charge in [-0.2, -0.15) is 0 Å². The van der Waals surface area contributed by atoms with E-state index in [1.165, 1.54) is 0 Å². The smallest absolute Gasteiger partial charge is 0.276 e. The summed E-state index contributed by atoms with van der Waals surface area (Å²) in [5, 5.41) is 11.9. The number of aliphatic hydroxyl groups excluding tert-OH is 1. The van der Waals surface area contributed by atoms with Crippen molar-refractivity contribution in [2.45, 2.75) is 35.3 Å². The molecule has 1 aliphatic heterocycles. The van der Waals surface area contributed by atoms with E-state index in [1.54, 1.807) is 18.2 Å². The summed E-state index contributed by atoms with van der Waals surface area (Å²) in [4.78, 5) is 14.2. The molecular formula is C24H27Cl3N2O4. The quantitative estimate of drug-likeness (QED) is 0.377. The molecule has 3 rings (SSSR count). The van der Waals surface area contributed by atoms with E-state index >= 15 is 0 Å². The summed E-state index contributed by atoms with van der Waals surface area (Å²) < 4.78 is 10.5. The highest BCUT2D eigenvalue weighted by atomic mass is 35.6. The number of halogens is 3. The molecule has 3 atom stereocenters. The van der Waals surface area contributed by atoms with Gasteiger partial charge in [-0.15, -0.1) is 6.58 Å². The van der Waals surface area contributed by atoms with E-state index in [1.807, 2.05) is 43.5 Å². The van der Waals surface area contributed by atoms with Crippen LogP contribution in [-0.2, 0) is 20.9 Å². The van der Waals surface area contributed by atoms with Gasteiger partial charge in [0.05, 0.1) is 18.8 Å². The van der Waals surface area contributed by atoms with E-state index in [4.69, 9.17) is 44.3 Å². The topological polar surface area (TPSA) is 71.0 Å². The zero-order valence-electron chi connectivity index (χ0n) is 18.2. The fourth-order valence-electron chi connectivity index (χ4n) is 3.64. The van der Waals surface area contributed by atoms with Crippen molar-refractivity contribution in [2.24, 2.45) is 0 Å². The number of aliphatic hydroxyl groups is 1. The Morgan fingerprint density at radius 3 is 2.58 bits per heavy atom. The highest BCUT2D eigenvalue weighted by molar-refractivity contribution is 6.76. The van der Waals surface area contributed by atoms with Crippen LogP contribution in [-0.4, -0.2) is 45.9 Å². The maximum absolute atomic E-state index is 12.0. The Hall–Kier alpha value is -1.64. The van der Waals surface area contributed by atoms with Crippen LogP contribution in [0.2, 0.25) is 0 Å². The molecule has 2 N–H and O–H groups in total. The molecule has 1 amide bonds. The van der Waals surface area contributed by atoms with Gasteiger partial charge in [-0.05, 0) is 30.3 Å². The fourth-order valence-corrected chi connectivity index (χ4v) is 3.78. The molecule has 178 valence electrons. The summed E-state index contributed by atoms with van der Waals surface area (Å²) in [7, 11) is 2.01. The number of carbonyl (C=O) groups is 1. The van der Waals surface area contributed by atoms with Gasteiger partial charge in [0.2, 0.25) is 0 Å². The van der Waals surface area contributed by atoms with Gasteiger partial charge < -0.3 is 24.8 Å². The molecule has 0 aliphatic carbocycles. The molecule has 0 bridgehead atoms. The largest absolute Gasteiger partial charge is 0.392 e. The number of hydrogen-bond acceptors (Lipinski definition) is 5. The predicted octanol–water partition coefficient (Wildman–Crippen LogP) is 5.15. The number of nitrogens with zero attached hydrogens (tertiary/aromatic N) is 1. The second-order valence-electron chi connectivity index (χ2n) is 7.94. The van der Waals surface area contributed by atoms with Gasteiger partial charge in [-0.3, -0.25) is 4.79 Å². The van der Waals surface area contributed by atoms with Crippen LogP contribution in [0.5, 0.6) is 0 Å². The number of benzene rings is 2. The molecule has 0 saturated carbocycles. The molecule has 0 radical (unpaired) electrons. The molecule has 33 heavy (non-hydrogen) atoms. The van der Waals surface area contributed by atoms with E-state index < -0.39 is 16.0 Å². The number of nitrogens with one attached hydrogen (secondary N) is 1. The van der Waals surface area contributed by atoms with Crippen molar-refractivity contribution < 1.29 is 19.4 Å². The van der Waals surface area contributed by atoms with Crippen molar-refractivity contribution in [1.82, 2.24) is 4.90 Å². The summed E-state index contributed by atoms with van der Waals surface area (Å²) in [6.45, 7) is 5.21. The lowest BCUT2D eigenvalue weighted by atomic mass is 9.99. The van der Waals surface area contributed by atoms with E-state index in [9.17, 15) is 9.90 Å². The minimum Gasteiger partial charge on any atom is -0.392 e. The standard InChI is InChI=1S/C24H27Cl3N2O4/c1-3-11-29(2)14-20-13-21(17-9-7-16(15-30)8-10-17)33-22(32-20)18-5-4-6-19(12-18)28-23(31)24(25,26)27/h3-10,12,20-22,30H,1,11,13-15H2,2H3,(H,28,31)/t20-,21+,22+/m1/s1. The van der Waals surface area contributed by atoms with Gasteiger partial charge in [0.15, 0.2) is 6.29 Å². The third-order valence-corrected chi connectivity index (χ3v) is 5.76. The first-order valence-electron chi connectivity index (χ1n) is 10.5. The molecule has 2 aromatic rings. The lowest BCUT2D eigenvalue weighted by Crippen LogP contribution is -2.37. The van der Waals surface area contributed by atoms with Gasteiger partial charge in [0.1, 0.15) is 0 Å². The highest BCUT2D eigenvalue weighted by Crippen LogP contribution is 2.38. The van der Waals surface area contributed by atoms with Crippen molar-refractivity contribution in [2.75, 3.05) is 25.5 Å². The second kappa shape index (κ2) is 11.7. The first kappa shape index (κ1) is 26.0. The fraction of sp³-hybridized carbons (Fsp3) is 0.375. The van der Waals surface area contributed by atoms with Crippen LogP contribution in [0, 0.1) is 0 Å². The number of amides is 1. The Morgan fingerprint density at radius 2 is 1.94 bits per heavy atom. The Bertz CT molecular complexity index is 949. The molecule has 1 aliphatic rings. The molecule has 0 spiro atoms. The Labute approximate surface area is 209 Å². The lowest BCUT2D eigenvalue weighted by molar-refractivity contribution is -0.252. The number of likely N-dealkylation sites (N-methyl/N-ethyl adjacent to an activating group) is 1. The van der Waals surface area contributed by atoms with Crippen molar-refractivity contribution in [3.05, 3.63) is 77.9 Å². The molecule has 9 heteroatoms. The summed E-state index contributed by atoms with van der Waals surface area (Å²) in [6, 6.07) is 14.7. The highest BCUT2D eigenvalue weighted by Gasteiger charge is 2.33. The predicted molar refractivity (Wildman–Crippen MR) is 131 cm³/mol. The van der Waals surface area contributed by atoms with Crippen LogP contribution in [0.15, 0.2) is 61.2 Å². The van der Waals surface area contributed by atoms with E-state index in [0.717, 1.165) is 23.2 Å². The average Bonchev–Trinajstić information content (AvgIpc) is 2.78. The zero-order chi connectivity index (χ0) is 24.0. The third kappa shape index (κ3) is 7.42. The molecule has 1 saturated heterocycles. The molecule has 6 nitrogen and oxygen atoms in total. The van der Waals surface area contributed by atoms with Crippen LogP contribution in [0.4, 0.5) is 5.69 Å².